The highest BCUT2D eigenvalue weighted by atomic mass is 35.5. The Morgan fingerprint density at radius 2 is 1.62 bits per heavy atom. The molecule has 3 saturated heterocycles. The van der Waals surface area contributed by atoms with Gasteiger partial charge in [0.05, 0.1) is 0 Å². The summed E-state index contributed by atoms with van der Waals surface area (Å²) in [6.45, 7) is 5.11. The summed E-state index contributed by atoms with van der Waals surface area (Å²) in [4.78, 5) is 46.7. The van der Waals surface area contributed by atoms with Gasteiger partial charge in [0.1, 0.15) is 0 Å². The highest BCUT2D eigenvalue weighted by Crippen LogP contribution is 2.31. The summed E-state index contributed by atoms with van der Waals surface area (Å²) in [5.74, 6) is -0.926. The lowest BCUT2D eigenvalue weighted by Gasteiger charge is -2.35. The molecular formula is C20H25ClN4O4. The van der Waals surface area contributed by atoms with Crippen molar-refractivity contribution in [2.24, 2.45) is 0 Å². The quantitative estimate of drug-likeness (QED) is 0.696. The predicted octanol–water partition coefficient (Wildman–Crippen LogP) is 2.26. The second-order valence-electron chi connectivity index (χ2n) is 7.63. The van der Waals surface area contributed by atoms with Crippen LogP contribution in [0.15, 0.2) is 18.2 Å². The first kappa shape index (κ1) is 20.0. The Morgan fingerprint density at radius 3 is 2.28 bits per heavy atom. The maximum atomic E-state index is 12.3. The number of piperazine rings is 1. The van der Waals surface area contributed by atoms with Gasteiger partial charge in [-0.3, -0.25) is 14.5 Å². The fourth-order valence-corrected chi connectivity index (χ4v) is 4.29. The number of carbonyl (C=O) groups excluding carboxylic acids is 3. The van der Waals surface area contributed by atoms with Crippen LogP contribution in [0.2, 0.25) is 5.02 Å². The van der Waals surface area contributed by atoms with Crippen LogP contribution in [0.3, 0.4) is 0 Å². The molecular weight excluding hydrogens is 396 g/mol. The lowest BCUT2D eigenvalue weighted by atomic mass is 10.1. The number of hydroxylamine groups is 2. The molecule has 0 saturated carbocycles. The summed E-state index contributed by atoms with van der Waals surface area (Å²) in [5, 5.41) is 1.36. The molecule has 3 heterocycles. The van der Waals surface area contributed by atoms with E-state index in [1.54, 1.807) is 0 Å². The molecule has 3 amide bonds. The van der Waals surface area contributed by atoms with Crippen LogP contribution >= 0.6 is 11.6 Å². The number of amides is 3. The van der Waals surface area contributed by atoms with Crippen molar-refractivity contribution in [2.75, 3.05) is 44.2 Å². The van der Waals surface area contributed by atoms with Crippen LogP contribution in [0.1, 0.15) is 31.2 Å². The molecule has 3 aliphatic rings. The molecule has 0 spiro atoms. The molecule has 0 aromatic heterocycles. The summed E-state index contributed by atoms with van der Waals surface area (Å²) in [6.07, 6.45) is 1.95. The lowest BCUT2D eigenvalue weighted by Crippen LogP contribution is -2.50. The molecule has 9 heteroatoms. The summed E-state index contributed by atoms with van der Waals surface area (Å²) >= 11 is 6.52. The van der Waals surface area contributed by atoms with Gasteiger partial charge in [0.25, 0.3) is 11.8 Å². The van der Waals surface area contributed by atoms with Gasteiger partial charge in [-0.25, -0.2) is 4.79 Å². The van der Waals surface area contributed by atoms with E-state index in [1.807, 2.05) is 12.1 Å². The van der Waals surface area contributed by atoms with Crippen molar-refractivity contribution >= 4 is 35.2 Å². The maximum absolute atomic E-state index is 12.3. The molecule has 1 aromatic carbocycles. The third-order valence-electron chi connectivity index (χ3n) is 5.73. The number of halogens is 1. The van der Waals surface area contributed by atoms with E-state index in [-0.39, 0.29) is 12.8 Å². The van der Waals surface area contributed by atoms with Crippen LogP contribution in [0.5, 0.6) is 0 Å². The summed E-state index contributed by atoms with van der Waals surface area (Å²) in [6, 6.07) is 6.05. The van der Waals surface area contributed by atoms with Crippen LogP contribution < -0.4 is 4.90 Å². The molecule has 3 fully saturated rings. The van der Waals surface area contributed by atoms with E-state index in [0.29, 0.717) is 31.2 Å². The average Bonchev–Trinajstić information content (AvgIpc) is 3.36. The minimum absolute atomic E-state index is 0.0943. The van der Waals surface area contributed by atoms with Gasteiger partial charge in [-0.15, -0.1) is 5.06 Å². The van der Waals surface area contributed by atoms with Crippen molar-refractivity contribution in [2.45, 2.75) is 32.2 Å². The first-order valence-electron chi connectivity index (χ1n) is 10.1. The molecule has 0 radical (unpaired) electrons. The molecule has 0 bridgehead atoms. The second kappa shape index (κ2) is 8.59. The third kappa shape index (κ3) is 4.33. The number of nitrogens with zero attached hydrogens (tertiary/aromatic N) is 4. The van der Waals surface area contributed by atoms with Crippen LogP contribution in [0.4, 0.5) is 10.5 Å². The van der Waals surface area contributed by atoms with E-state index in [0.717, 1.165) is 30.2 Å². The smallest absolute Gasteiger partial charge is 0.371 e. The fraction of sp³-hybridized carbons (Fsp3) is 0.550. The average molecular weight is 421 g/mol. The molecule has 156 valence electrons. The molecule has 8 nitrogen and oxygen atoms in total. The highest BCUT2D eigenvalue weighted by molar-refractivity contribution is 6.31. The number of benzene rings is 1. The first-order chi connectivity index (χ1) is 14.0. The van der Waals surface area contributed by atoms with E-state index < -0.39 is 17.9 Å². The minimum atomic E-state index is -0.649. The van der Waals surface area contributed by atoms with Gasteiger partial charge in [-0.1, -0.05) is 17.7 Å². The first-order valence-corrected chi connectivity index (χ1v) is 10.5. The molecule has 0 aliphatic carbocycles. The van der Waals surface area contributed by atoms with Crippen molar-refractivity contribution in [3.05, 3.63) is 28.8 Å². The predicted molar refractivity (Wildman–Crippen MR) is 107 cm³/mol. The number of imide groups is 1. The van der Waals surface area contributed by atoms with Gasteiger partial charge < -0.3 is 14.6 Å². The van der Waals surface area contributed by atoms with E-state index in [9.17, 15) is 14.4 Å². The van der Waals surface area contributed by atoms with E-state index >= 15 is 0 Å². The summed E-state index contributed by atoms with van der Waals surface area (Å²) in [5.41, 5.74) is 2.32. The molecule has 0 unspecified atom stereocenters. The van der Waals surface area contributed by atoms with Crippen molar-refractivity contribution < 1.29 is 19.2 Å². The number of carbonyl (C=O) groups is 3. The third-order valence-corrected chi connectivity index (χ3v) is 6.08. The Hall–Kier alpha value is -2.32. The molecule has 3 aliphatic heterocycles. The summed E-state index contributed by atoms with van der Waals surface area (Å²) in [7, 11) is 0. The van der Waals surface area contributed by atoms with Gasteiger partial charge in [0.2, 0.25) is 0 Å². The number of hydrogen-bond donors (Lipinski definition) is 0. The van der Waals surface area contributed by atoms with Crippen LogP contribution in [-0.4, -0.2) is 72.0 Å². The zero-order chi connectivity index (χ0) is 20.4. The van der Waals surface area contributed by atoms with E-state index in [4.69, 9.17) is 16.4 Å². The van der Waals surface area contributed by atoms with E-state index in [2.05, 4.69) is 15.9 Å². The maximum Gasteiger partial charge on any atom is 0.434 e. The van der Waals surface area contributed by atoms with Crippen molar-refractivity contribution in [1.82, 2.24) is 14.9 Å². The highest BCUT2D eigenvalue weighted by Gasteiger charge is 2.35. The molecule has 0 atom stereocenters. The SMILES string of the molecule is O=C(ON1C(=O)CCC1=O)N1CCN(Cc2c(Cl)cccc2N2CCCC2)CC1. The Morgan fingerprint density at radius 1 is 0.966 bits per heavy atom. The fourth-order valence-electron chi connectivity index (χ4n) is 4.06. The number of rotatable bonds is 4. The largest absolute Gasteiger partial charge is 0.434 e. The van der Waals surface area contributed by atoms with Gasteiger partial charge >= 0.3 is 6.09 Å². The van der Waals surface area contributed by atoms with Crippen molar-refractivity contribution in [1.29, 1.82) is 0 Å². The summed E-state index contributed by atoms with van der Waals surface area (Å²) < 4.78 is 0. The van der Waals surface area contributed by atoms with Gasteiger partial charge in [0.15, 0.2) is 0 Å². The van der Waals surface area contributed by atoms with Crippen LogP contribution in [0.25, 0.3) is 0 Å². The Balaban J connectivity index is 1.34. The second-order valence-corrected chi connectivity index (χ2v) is 8.04. The van der Waals surface area contributed by atoms with Gasteiger partial charge in [-0.05, 0) is 25.0 Å². The monoisotopic (exact) mass is 420 g/mol. The van der Waals surface area contributed by atoms with Crippen LogP contribution in [0, 0.1) is 0 Å². The molecule has 4 rings (SSSR count). The Kier molecular flexibility index (Phi) is 5.91. The normalized spacial score (nSPS) is 20.7. The van der Waals surface area contributed by atoms with Crippen molar-refractivity contribution in [3.63, 3.8) is 0 Å². The molecule has 29 heavy (non-hydrogen) atoms. The molecule has 1 aromatic rings. The zero-order valence-electron chi connectivity index (χ0n) is 16.3. The topological polar surface area (TPSA) is 73.4 Å². The Bertz CT molecular complexity index is 788. The lowest BCUT2D eigenvalue weighted by molar-refractivity contribution is -0.174. The Labute approximate surface area is 174 Å². The standard InChI is InChI=1S/C20H25ClN4O4/c21-16-4-3-5-17(23-8-1-2-9-23)15(16)14-22-10-12-24(13-11-22)20(28)29-25-18(26)6-7-19(25)27/h3-5H,1-2,6-14H2. The number of anilines is 1. The zero-order valence-corrected chi connectivity index (χ0v) is 17.1. The number of hydrogen-bond acceptors (Lipinski definition) is 6. The van der Waals surface area contributed by atoms with Crippen molar-refractivity contribution in [3.8, 4) is 0 Å². The van der Waals surface area contributed by atoms with Gasteiger partial charge in [0, 0.05) is 74.9 Å². The molecule has 0 N–H and O–H groups in total. The minimum Gasteiger partial charge on any atom is -0.371 e. The van der Waals surface area contributed by atoms with E-state index in [1.165, 1.54) is 23.4 Å². The van der Waals surface area contributed by atoms with Crippen LogP contribution in [-0.2, 0) is 21.0 Å². The van der Waals surface area contributed by atoms with Gasteiger partial charge in [-0.2, -0.15) is 0 Å².